The summed E-state index contributed by atoms with van der Waals surface area (Å²) in [5.41, 5.74) is 4.61. The molecule has 4 rings (SSSR count). The smallest absolute Gasteiger partial charge is 0.162 e. The normalized spacial score (nSPS) is 15.0. The van der Waals surface area contributed by atoms with Crippen LogP contribution in [0, 0.1) is 0 Å². The van der Waals surface area contributed by atoms with E-state index in [-0.39, 0.29) is 35.8 Å². The predicted octanol–water partition coefficient (Wildman–Crippen LogP) is 7.64. The Morgan fingerprint density at radius 2 is 1.39 bits per heavy atom. The molecule has 1 saturated heterocycles. The Labute approximate surface area is 223 Å². The third-order valence-electron chi connectivity index (χ3n) is 7.02. The standard InChI is InChI=1S/C32H39NO2.ClH/c1-32(2,3)28-18-16-25(17-19-28)30(34)15-10-22-33-23-20-29(21-24-33)35-31(26-11-6-4-7-12-26)27-13-8-5-9-14-27;/h4-9,11-14,16-19,29,31H,10,15,20-24H2,1-3H3;1H. The minimum Gasteiger partial charge on any atom is -0.365 e. The van der Waals surface area contributed by atoms with E-state index in [0.717, 1.165) is 44.5 Å². The number of hydrogen-bond donors (Lipinski definition) is 0. The van der Waals surface area contributed by atoms with Gasteiger partial charge in [0.2, 0.25) is 0 Å². The molecule has 0 bridgehead atoms. The molecule has 0 N–H and O–H groups in total. The van der Waals surface area contributed by atoms with Gasteiger partial charge in [0, 0.05) is 25.1 Å². The first-order chi connectivity index (χ1) is 16.9. The second-order valence-corrected chi connectivity index (χ2v) is 10.7. The molecular weight excluding hydrogens is 466 g/mol. The van der Waals surface area contributed by atoms with Gasteiger partial charge < -0.3 is 9.64 Å². The molecule has 1 heterocycles. The van der Waals surface area contributed by atoms with Gasteiger partial charge in [-0.25, -0.2) is 0 Å². The molecular formula is C32H40ClNO2. The summed E-state index contributed by atoms with van der Waals surface area (Å²) in [5, 5.41) is 0. The zero-order chi connectivity index (χ0) is 24.7. The molecule has 0 unspecified atom stereocenters. The van der Waals surface area contributed by atoms with Gasteiger partial charge >= 0.3 is 0 Å². The molecule has 4 heteroatoms. The van der Waals surface area contributed by atoms with Gasteiger partial charge in [-0.15, -0.1) is 12.4 Å². The number of halogens is 1. The lowest BCUT2D eigenvalue weighted by molar-refractivity contribution is -0.0270. The minimum absolute atomic E-state index is 0. The Hall–Kier alpha value is -2.46. The van der Waals surface area contributed by atoms with E-state index in [2.05, 4.69) is 98.5 Å². The molecule has 1 aliphatic heterocycles. The van der Waals surface area contributed by atoms with Gasteiger partial charge in [0.05, 0.1) is 6.10 Å². The van der Waals surface area contributed by atoms with E-state index < -0.39 is 0 Å². The van der Waals surface area contributed by atoms with Gasteiger partial charge in [-0.1, -0.05) is 106 Å². The fourth-order valence-corrected chi connectivity index (χ4v) is 4.83. The first-order valence-corrected chi connectivity index (χ1v) is 13.0. The highest BCUT2D eigenvalue weighted by molar-refractivity contribution is 5.96. The molecule has 0 amide bonds. The molecule has 192 valence electrons. The lowest BCUT2D eigenvalue weighted by Crippen LogP contribution is -2.38. The van der Waals surface area contributed by atoms with Crippen molar-refractivity contribution in [3.05, 3.63) is 107 Å². The maximum Gasteiger partial charge on any atom is 0.162 e. The van der Waals surface area contributed by atoms with Crippen molar-refractivity contribution in [2.45, 2.75) is 64.1 Å². The minimum atomic E-state index is -0.0313. The van der Waals surface area contributed by atoms with Crippen molar-refractivity contribution in [3.63, 3.8) is 0 Å². The summed E-state index contributed by atoms with van der Waals surface area (Å²) in [7, 11) is 0. The summed E-state index contributed by atoms with van der Waals surface area (Å²) in [5.74, 6) is 0.247. The van der Waals surface area contributed by atoms with Crippen molar-refractivity contribution in [2.75, 3.05) is 19.6 Å². The molecule has 1 aliphatic rings. The molecule has 3 aromatic rings. The molecule has 3 aromatic carbocycles. The van der Waals surface area contributed by atoms with Crippen LogP contribution in [0.1, 0.15) is 79.6 Å². The maximum atomic E-state index is 12.7. The Morgan fingerprint density at radius 3 is 1.89 bits per heavy atom. The van der Waals surface area contributed by atoms with E-state index >= 15 is 0 Å². The van der Waals surface area contributed by atoms with E-state index in [1.807, 2.05) is 12.1 Å². The van der Waals surface area contributed by atoms with Gasteiger partial charge in [-0.05, 0) is 47.9 Å². The number of carbonyl (C=O) groups is 1. The number of ketones is 1. The Kier molecular flexibility index (Phi) is 10.3. The lowest BCUT2D eigenvalue weighted by Gasteiger charge is -2.34. The van der Waals surface area contributed by atoms with Crippen LogP contribution in [0.2, 0.25) is 0 Å². The fraction of sp³-hybridized carbons (Fsp3) is 0.406. The quantitative estimate of drug-likeness (QED) is 0.280. The van der Waals surface area contributed by atoms with Gasteiger partial charge in [0.1, 0.15) is 6.10 Å². The summed E-state index contributed by atoms with van der Waals surface area (Å²) in [6, 6.07) is 29.2. The Bertz CT molecular complexity index is 1010. The van der Waals surface area contributed by atoms with Gasteiger partial charge in [-0.2, -0.15) is 0 Å². The second kappa shape index (κ2) is 13.2. The summed E-state index contributed by atoms with van der Waals surface area (Å²) in [4.78, 5) is 15.1. The van der Waals surface area contributed by atoms with Crippen LogP contribution in [-0.2, 0) is 10.2 Å². The highest BCUT2D eigenvalue weighted by Crippen LogP contribution is 2.30. The SMILES string of the molecule is CC(C)(C)c1ccc(C(=O)CCCN2CCC(OC(c3ccccc3)c3ccccc3)CC2)cc1.Cl. The molecule has 0 saturated carbocycles. The van der Waals surface area contributed by atoms with Crippen LogP contribution in [0.4, 0.5) is 0 Å². The second-order valence-electron chi connectivity index (χ2n) is 10.7. The van der Waals surface area contributed by atoms with Crippen molar-refractivity contribution in [3.8, 4) is 0 Å². The van der Waals surface area contributed by atoms with Crippen LogP contribution < -0.4 is 0 Å². The highest BCUT2D eigenvalue weighted by atomic mass is 35.5. The van der Waals surface area contributed by atoms with Crippen LogP contribution in [0.15, 0.2) is 84.9 Å². The summed E-state index contributed by atoms with van der Waals surface area (Å²) in [6.45, 7) is 9.61. The Balaban J connectivity index is 0.00000361. The number of likely N-dealkylation sites (tertiary alicyclic amines) is 1. The van der Waals surface area contributed by atoms with E-state index in [1.165, 1.54) is 16.7 Å². The number of benzene rings is 3. The summed E-state index contributed by atoms with van der Waals surface area (Å²) < 4.78 is 6.67. The van der Waals surface area contributed by atoms with Gasteiger partial charge in [-0.3, -0.25) is 4.79 Å². The number of ether oxygens (including phenoxy) is 1. The van der Waals surface area contributed by atoms with E-state index in [4.69, 9.17) is 4.74 Å². The molecule has 3 nitrogen and oxygen atoms in total. The molecule has 0 atom stereocenters. The van der Waals surface area contributed by atoms with Crippen molar-refractivity contribution in [1.82, 2.24) is 4.90 Å². The van der Waals surface area contributed by atoms with Crippen molar-refractivity contribution >= 4 is 18.2 Å². The molecule has 0 aliphatic carbocycles. The first-order valence-electron chi connectivity index (χ1n) is 13.0. The third kappa shape index (κ3) is 7.77. The van der Waals surface area contributed by atoms with Gasteiger partial charge in [0.15, 0.2) is 5.78 Å². The monoisotopic (exact) mass is 505 g/mol. The van der Waals surface area contributed by atoms with E-state index in [1.54, 1.807) is 0 Å². The van der Waals surface area contributed by atoms with Crippen LogP contribution in [0.3, 0.4) is 0 Å². The number of Topliss-reactive ketones (excluding diaryl/α,β-unsaturated/α-hetero) is 1. The summed E-state index contributed by atoms with van der Waals surface area (Å²) >= 11 is 0. The summed E-state index contributed by atoms with van der Waals surface area (Å²) in [6.07, 6.45) is 3.78. The topological polar surface area (TPSA) is 29.5 Å². The molecule has 1 fully saturated rings. The van der Waals surface area contributed by atoms with E-state index in [9.17, 15) is 4.79 Å². The van der Waals surface area contributed by atoms with Crippen LogP contribution in [0.5, 0.6) is 0 Å². The zero-order valence-corrected chi connectivity index (χ0v) is 22.7. The van der Waals surface area contributed by atoms with Crippen LogP contribution in [0.25, 0.3) is 0 Å². The molecule has 0 spiro atoms. The maximum absolute atomic E-state index is 12.7. The zero-order valence-electron chi connectivity index (χ0n) is 21.9. The van der Waals surface area contributed by atoms with E-state index in [0.29, 0.717) is 6.42 Å². The molecule has 0 aromatic heterocycles. The number of piperidine rings is 1. The van der Waals surface area contributed by atoms with Crippen LogP contribution in [-0.4, -0.2) is 36.4 Å². The van der Waals surface area contributed by atoms with Crippen LogP contribution >= 0.6 is 12.4 Å². The first kappa shape index (κ1) is 28.1. The predicted molar refractivity (Wildman–Crippen MR) is 151 cm³/mol. The van der Waals surface area contributed by atoms with Crippen molar-refractivity contribution < 1.29 is 9.53 Å². The third-order valence-corrected chi connectivity index (χ3v) is 7.02. The number of carbonyl (C=O) groups excluding carboxylic acids is 1. The number of rotatable bonds is 9. The number of hydrogen-bond acceptors (Lipinski definition) is 3. The van der Waals surface area contributed by atoms with Gasteiger partial charge in [0.25, 0.3) is 0 Å². The highest BCUT2D eigenvalue weighted by Gasteiger charge is 2.24. The lowest BCUT2D eigenvalue weighted by atomic mass is 9.86. The van der Waals surface area contributed by atoms with Crippen molar-refractivity contribution in [1.29, 1.82) is 0 Å². The molecule has 0 radical (unpaired) electrons. The largest absolute Gasteiger partial charge is 0.365 e. The van der Waals surface area contributed by atoms with Crippen molar-refractivity contribution in [2.24, 2.45) is 0 Å². The average Bonchev–Trinajstić information content (AvgIpc) is 2.88. The Morgan fingerprint density at radius 1 is 0.861 bits per heavy atom. The fourth-order valence-electron chi connectivity index (χ4n) is 4.83. The number of nitrogens with zero attached hydrogens (tertiary/aromatic N) is 1. The molecule has 36 heavy (non-hydrogen) atoms. The average molecular weight is 506 g/mol.